The smallest absolute Gasteiger partial charge is 0.331 e. The Kier molecular flexibility index (Phi) is 6.00. The fourth-order valence-electron chi connectivity index (χ4n) is 0.550. The lowest BCUT2D eigenvalue weighted by atomic mass is 10.3. The number of hydrogen-bond donors (Lipinski definition) is 1. The molecule has 0 heterocycles. The van der Waals surface area contributed by atoms with E-state index in [0.29, 0.717) is 6.42 Å². The van der Waals surface area contributed by atoms with Crippen LogP contribution in [0.15, 0.2) is 0 Å². The van der Waals surface area contributed by atoms with E-state index in [1.165, 1.54) is 7.11 Å². The second-order valence-electron chi connectivity index (χ2n) is 2.06. The highest BCUT2D eigenvalue weighted by Crippen LogP contribution is 1.92. The molecule has 0 saturated carbocycles. The third-order valence-corrected chi connectivity index (χ3v) is 1.15. The molecular weight excluding hydrogens is 164 g/mol. The Hall–Kier alpha value is -1.10. The SMILES string of the molecule is COC(=O)CCCOC(=O)CO. The zero-order valence-corrected chi connectivity index (χ0v) is 6.91. The van der Waals surface area contributed by atoms with E-state index in [1.807, 2.05) is 0 Å². The third kappa shape index (κ3) is 5.67. The van der Waals surface area contributed by atoms with Crippen molar-refractivity contribution in [3.8, 4) is 0 Å². The third-order valence-electron chi connectivity index (χ3n) is 1.15. The number of methoxy groups -OCH3 is 1. The van der Waals surface area contributed by atoms with Crippen LogP contribution in [0.4, 0.5) is 0 Å². The molecule has 0 aromatic carbocycles. The average Bonchev–Trinajstić information content (AvgIpc) is 2.11. The molecule has 70 valence electrons. The molecule has 0 radical (unpaired) electrons. The number of rotatable bonds is 5. The molecule has 1 N–H and O–H groups in total. The van der Waals surface area contributed by atoms with Gasteiger partial charge in [-0.25, -0.2) is 4.79 Å². The minimum absolute atomic E-state index is 0.133. The lowest BCUT2D eigenvalue weighted by molar-refractivity contribution is -0.148. The fraction of sp³-hybridized carbons (Fsp3) is 0.714. The van der Waals surface area contributed by atoms with Crippen LogP contribution >= 0.6 is 0 Å². The van der Waals surface area contributed by atoms with Gasteiger partial charge in [0, 0.05) is 6.42 Å². The topological polar surface area (TPSA) is 72.8 Å². The highest BCUT2D eigenvalue weighted by molar-refractivity contribution is 5.70. The summed E-state index contributed by atoms with van der Waals surface area (Å²) in [5, 5.41) is 8.22. The maximum Gasteiger partial charge on any atom is 0.331 e. The second kappa shape index (κ2) is 6.60. The molecule has 0 spiro atoms. The van der Waals surface area contributed by atoms with Crippen LogP contribution < -0.4 is 0 Å². The molecule has 0 bridgehead atoms. The first-order valence-corrected chi connectivity index (χ1v) is 3.54. The van der Waals surface area contributed by atoms with Gasteiger partial charge >= 0.3 is 11.9 Å². The van der Waals surface area contributed by atoms with E-state index in [1.54, 1.807) is 0 Å². The largest absolute Gasteiger partial charge is 0.469 e. The molecular formula is C7H12O5. The summed E-state index contributed by atoms with van der Waals surface area (Å²) in [5.41, 5.74) is 0. The summed E-state index contributed by atoms with van der Waals surface area (Å²) in [6.45, 7) is -0.493. The number of carbonyl (C=O) groups excluding carboxylic acids is 2. The normalized spacial score (nSPS) is 9.17. The van der Waals surface area contributed by atoms with E-state index in [2.05, 4.69) is 9.47 Å². The molecule has 0 fully saturated rings. The first-order chi connectivity index (χ1) is 5.70. The van der Waals surface area contributed by atoms with Gasteiger partial charge in [0.05, 0.1) is 13.7 Å². The van der Waals surface area contributed by atoms with Crippen LogP contribution in [0, 0.1) is 0 Å². The van der Waals surface area contributed by atoms with Gasteiger partial charge in [-0.1, -0.05) is 0 Å². The quantitative estimate of drug-likeness (QED) is 0.450. The zero-order chi connectivity index (χ0) is 9.40. The van der Waals surface area contributed by atoms with E-state index in [-0.39, 0.29) is 19.0 Å². The van der Waals surface area contributed by atoms with Crippen molar-refractivity contribution in [1.82, 2.24) is 0 Å². The summed E-state index contributed by atoms with van der Waals surface area (Å²) in [7, 11) is 1.29. The summed E-state index contributed by atoms with van der Waals surface area (Å²) in [6, 6.07) is 0. The number of esters is 2. The van der Waals surface area contributed by atoms with Crippen LogP contribution in [-0.4, -0.2) is 37.4 Å². The molecule has 0 aliphatic carbocycles. The van der Waals surface area contributed by atoms with E-state index >= 15 is 0 Å². The summed E-state index contributed by atoms with van der Waals surface area (Å²) in [5.74, 6) is -1.02. The zero-order valence-electron chi connectivity index (χ0n) is 6.91. The summed E-state index contributed by atoms with van der Waals surface area (Å²) >= 11 is 0. The van der Waals surface area contributed by atoms with E-state index in [0.717, 1.165) is 0 Å². The Balaban J connectivity index is 3.21. The Bertz CT molecular complexity index is 136. The molecule has 0 aliphatic heterocycles. The van der Waals surface area contributed by atoms with Gasteiger partial charge < -0.3 is 14.6 Å². The molecule has 5 heteroatoms. The van der Waals surface area contributed by atoms with Gasteiger partial charge in [0.15, 0.2) is 0 Å². The van der Waals surface area contributed by atoms with Crippen LogP contribution in [0.5, 0.6) is 0 Å². The van der Waals surface area contributed by atoms with Gasteiger partial charge in [0.1, 0.15) is 6.61 Å². The van der Waals surface area contributed by atoms with Crippen molar-refractivity contribution in [2.45, 2.75) is 12.8 Å². The van der Waals surface area contributed by atoms with Gasteiger partial charge in [0.2, 0.25) is 0 Å². The van der Waals surface area contributed by atoms with E-state index in [9.17, 15) is 9.59 Å². The number of carbonyl (C=O) groups is 2. The predicted molar refractivity (Wildman–Crippen MR) is 39.3 cm³/mol. The fourth-order valence-corrected chi connectivity index (χ4v) is 0.550. The first kappa shape index (κ1) is 10.9. The Morgan fingerprint density at radius 2 is 2.00 bits per heavy atom. The van der Waals surface area contributed by atoms with Crippen LogP contribution in [-0.2, 0) is 19.1 Å². The number of ether oxygens (including phenoxy) is 2. The number of aliphatic hydroxyl groups is 1. The van der Waals surface area contributed by atoms with Crippen LogP contribution in [0.1, 0.15) is 12.8 Å². The average molecular weight is 176 g/mol. The molecule has 0 aliphatic rings. The molecule has 0 saturated heterocycles. The van der Waals surface area contributed by atoms with Gasteiger partial charge in [-0.3, -0.25) is 4.79 Å². The maximum absolute atomic E-state index is 10.5. The Morgan fingerprint density at radius 3 is 2.50 bits per heavy atom. The maximum atomic E-state index is 10.5. The van der Waals surface area contributed by atoms with Crippen LogP contribution in [0.25, 0.3) is 0 Å². The summed E-state index contributed by atoms with van der Waals surface area (Å²) < 4.78 is 8.84. The Morgan fingerprint density at radius 1 is 1.33 bits per heavy atom. The van der Waals surface area contributed by atoms with E-state index in [4.69, 9.17) is 5.11 Å². The highest BCUT2D eigenvalue weighted by Gasteiger charge is 2.02. The molecule has 12 heavy (non-hydrogen) atoms. The predicted octanol–water partition coefficient (Wildman–Crippen LogP) is -0.525. The van der Waals surface area contributed by atoms with Gasteiger partial charge in [-0.05, 0) is 6.42 Å². The Labute approximate surface area is 70.3 Å². The molecule has 5 nitrogen and oxygen atoms in total. The molecule has 0 aromatic heterocycles. The molecule has 0 atom stereocenters. The van der Waals surface area contributed by atoms with Crippen LogP contribution in [0.2, 0.25) is 0 Å². The first-order valence-electron chi connectivity index (χ1n) is 3.54. The van der Waals surface area contributed by atoms with Gasteiger partial charge in [-0.2, -0.15) is 0 Å². The van der Waals surface area contributed by atoms with Crippen molar-refractivity contribution in [2.24, 2.45) is 0 Å². The monoisotopic (exact) mass is 176 g/mol. The number of aliphatic hydroxyl groups excluding tert-OH is 1. The minimum Gasteiger partial charge on any atom is -0.469 e. The van der Waals surface area contributed by atoms with Crippen molar-refractivity contribution < 1.29 is 24.2 Å². The highest BCUT2D eigenvalue weighted by atomic mass is 16.5. The lowest BCUT2D eigenvalue weighted by Crippen LogP contribution is -2.11. The summed E-state index contributed by atoms with van der Waals surface area (Å²) in [4.78, 5) is 20.9. The van der Waals surface area contributed by atoms with E-state index < -0.39 is 12.6 Å². The lowest BCUT2D eigenvalue weighted by Gasteiger charge is -2.01. The second-order valence-corrected chi connectivity index (χ2v) is 2.06. The minimum atomic E-state index is -0.681. The van der Waals surface area contributed by atoms with Crippen LogP contribution in [0.3, 0.4) is 0 Å². The van der Waals surface area contributed by atoms with Crippen molar-refractivity contribution in [3.63, 3.8) is 0 Å². The molecule has 0 amide bonds. The summed E-state index contributed by atoms with van der Waals surface area (Å²) in [6.07, 6.45) is 0.633. The van der Waals surface area contributed by atoms with Gasteiger partial charge in [0.25, 0.3) is 0 Å². The van der Waals surface area contributed by atoms with Crippen molar-refractivity contribution in [1.29, 1.82) is 0 Å². The molecule has 0 aromatic rings. The molecule has 0 rings (SSSR count). The molecule has 0 unspecified atom stereocenters. The van der Waals surface area contributed by atoms with Crippen molar-refractivity contribution in [2.75, 3.05) is 20.3 Å². The van der Waals surface area contributed by atoms with Crippen molar-refractivity contribution >= 4 is 11.9 Å². The standard InChI is InChI=1S/C7H12O5/c1-11-6(9)3-2-4-12-7(10)5-8/h8H,2-5H2,1H3. The number of hydrogen-bond acceptors (Lipinski definition) is 5. The van der Waals surface area contributed by atoms with Crippen molar-refractivity contribution in [3.05, 3.63) is 0 Å². The van der Waals surface area contributed by atoms with Gasteiger partial charge in [-0.15, -0.1) is 0 Å².